The first-order valence-corrected chi connectivity index (χ1v) is 6.65. The number of hydrogen-bond donors (Lipinski definition) is 2. The third-order valence-electron chi connectivity index (χ3n) is 3.28. The number of nitrogens with two attached hydrogens (primary N) is 1. The Bertz CT molecular complexity index is 857. The van der Waals surface area contributed by atoms with Crippen LogP contribution in [0, 0.1) is 0 Å². The third kappa shape index (κ3) is 2.54. The molecular weight excluding hydrogens is 280 g/mol. The van der Waals surface area contributed by atoms with Gasteiger partial charge in [-0.05, 0) is 36.4 Å². The van der Waals surface area contributed by atoms with Crippen LogP contribution in [0.1, 0.15) is 0 Å². The molecule has 6 nitrogen and oxygen atoms in total. The number of methoxy groups -OCH3 is 1. The Morgan fingerprint density at radius 2 is 1.77 bits per heavy atom. The van der Waals surface area contributed by atoms with Crippen molar-refractivity contribution >= 4 is 5.69 Å². The quantitative estimate of drug-likeness (QED) is 0.721. The van der Waals surface area contributed by atoms with Crippen molar-refractivity contribution in [2.45, 2.75) is 0 Å². The van der Waals surface area contributed by atoms with Crippen molar-refractivity contribution < 1.29 is 4.74 Å². The van der Waals surface area contributed by atoms with Gasteiger partial charge >= 0.3 is 0 Å². The summed E-state index contributed by atoms with van der Waals surface area (Å²) in [6.45, 7) is 0. The van der Waals surface area contributed by atoms with E-state index in [1.54, 1.807) is 43.5 Å². The fourth-order valence-electron chi connectivity index (χ4n) is 2.11. The van der Waals surface area contributed by atoms with Gasteiger partial charge in [0.1, 0.15) is 5.75 Å². The number of aromatic nitrogens is 3. The monoisotopic (exact) mass is 294 g/mol. The van der Waals surface area contributed by atoms with Gasteiger partial charge in [0.15, 0.2) is 11.5 Å². The van der Waals surface area contributed by atoms with Crippen LogP contribution in [0.5, 0.6) is 5.75 Å². The summed E-state index contributed by atoms with van der Waals surface area (Å²) in [6.07, 6.45) is 0. The van der Waals surface area contributed by atoms with Crippen LogP contribution < -0.4 is 16.0 Å². The minimum Gasteiger partial charge on any atom is -0.497 e. The molecular formula is C16H14N4O2. The summed E-state index contributed by atoms with van der Waals surface area (Å²) in [5.41, 5.74) is 7.66. The van der Waals surface area contributed by atoms with Crippen LogP contribution in [0.3, 0.4) is 0 Å². The van der Waals surface area contributed by atoms with Crippen LogP contribution in [0.25, 0.3) is 22.6 Å². The largest absolute Gasteiger partial charge is 0.497 e. The number of para-hydroxylation sites is 1. The van der Waals surface area contributed by atoms with Crippen molar-refractivity contribution in [3.63, 3.8) is 0 Å². The first-order valence-electron chi connectivity index (χ1n) is 6.65. The highest BCUT2D eigenvalue weighted by atomic mass is 16.5. The number of nitrogens with zero attached hydrogens (tertiary/aromatic N) is 2. The molecule has 0 bridgehead atoms. The molecule has 3 rings (SSSR count). The maximum atomic E-state index is 12.2. The predicted molar refractivity (Wildman–Crippen MR) is 84.5 cm³/mol. The minimum absolute atomic E-state index is 0.251. The van der Waals surface area contributed by atoms with E-state index in [0.717, 1.165) is 0 Å². The summed E-state index contributed by atoms with van der Waals surface area (Å²) >= 11 is 0. The van der Waals surface area contributed by atoms with E-state index >= 15 is 0 Å². The van der Waals surface area contributed by atoms with Crippen molar-refractivity contribution in [1.29, 1.82) is 0 Å². The molecule has 0 spiro atoms. The summed E-state index contributed by atoms with van der Waals surface area (Å²) in [7, 11) is 1.58. The molecule has 0 fully saturated rings. The fourth-order valence-corrected chi connectivity index (χ4v) is 2.11. The molecule has 3 aromatic rings. The number of ether oxygens (including phenoxy) is 1. The molecule has 0 aliphatic heterocycles. The zero-order valence-corrected chi connectivity index (χ0v) is 11.9. The van der Waals surface area contributed by atoms with Gasteiger partial charge in [-0.25, -0.2) is 0 Å². The van der Waals surface area contributed by atoms with Crippen LogP contribution in [-0.2, 0) is 0 Å². The number of hydrogen-bond acceptors (Lipinski definition) is 5. The highest BCUT2D eigenvalue weighted by Crippen LogP contribution is 2.22. The van der Waals surface area contributed by atoms with Crippen LogP contribution in [0.15, 0.2) is 53.3 Å². The standard InChI is InChI=1S/C16H14N4O2/c1-22-11-8-6-10(7-9-11)14-16(21)18-15(20-19-14)12-4-2-3-5-13(12)17/h2-9H,17H2,1H3,(H,18,20,21). The molecule has 0 unspecified atom stereocenters. The van der Waals surface area contributed by atoms with Gasteiger partial charge in [-0.3, -0.25) is 4.79 Å². The van der Waals surface area contributed by atoms with E-state index in [0.29, 0.717) is 28.4 Å². The molecule has 0 saturated carbocycles. The van der Waals surface area contributed by atoms with E-state index in [9.17, 15) is 4.79 Å². The van der Waals surface area contributed by atoms with E-state index in [-0.39, 0.29) is 11.3 Å². The number of H-pyrrole nitrogens is 1. The maximum absolute atomic E-state index is 12.2. The van der Waals surface area contributed by atoms with Gasteiger partial charge in [-0.15, -0.1) is 10.2 Å². The second kappa shape index (κ2) is 5.69. The van der Waals surface area contributed by atoms with Crippen molar-refractivity contribution in [3.8, 4) is 28.4 Å². The Labute approximate surface area is 126 Å². The molecule has 0 atom stereocenters. The fraction of sp³-hybridized carbons (Fsp3) is 0.0625. The van der Waals surface area contributed by atoms with Crippen LogP contribution >= 0.6 is 0 Å². The van der Waals surface area contributed by atoms with Crippen molar-refractivity contribution in [1.82, 2.24) is 15.2 Å². The van der Waals surface area contributed by atoms with Gasteiger partial charge in [-0.1, -0.05) is 12.1 Å². The Morgan fingerprint density at radius 1 is 1.05 bits per heavy atom. The lowest BCUT2D eigenvalue weighted by Crippen LogP contribution is -2.14. The van der Waals surface area contributed by atoms with E-state index in [2.05, 4.69) is 15.2 Å². The first kappa shape index (κ1) is 13.8. The molecule has 0 aliphatic rings. The Hall–Kier alpha value is -3.15. The normalized spacial score (nSPS) is 10.4. The predicted octanol–water partition coefficient (Wildman–Crippen LogP) is 2.09. The average molecular weight is 294 g/mol. The second-order valence-corrected chi connectivity index (χ2v) is 4.67. The third-order valence-corrected chi connectivity index (χ3v) is 3.28. The lowest BCUT2D eigenvalue weighted by Gasteiger charge is -2.05. The van der Waals surface area contributed by atoms with Gasteiger partial charge in [0.25, 0.3) is 5.56 Å². The molecule has 1 heterocycles. The molecule has 1 aromatic heterocycles. The summed E-state index contributed by atoms with van der Waals surface area (Å²) in [4.78, 5) is 15.0. The molecule has 22 heavy (non-hydrogen) atoms. The van der Waals surface area contributed by atoms with E-state index < -0.39 is 0 Å². The van der Waals surface area contributed by atoms with Crippen molar-refractivity contribution in [3.05, 3.63) is 58.9 Å². The topological polar surface area (TPSA) is 93.9 Å². The second-order valence-electron chi connectivity index (χ2n) is 4.67. The van der Waals surface area contributed by atoms with Gasteiger partial charge in [-0.2, -0.15) is 0 Å². The Kier molecular flexibility index (Phi) is 3.57. The van der Waals surface area contributed by atoms with Crippen LogP contribution in [0.2, 0.25) is 0 Å². The number of anilines is 1. The number of rotatable bonds is 3. The first-order chi connectivity index (χ1) is 10.7. The van der Waals surface area contributed by atoms with Crippen molar-refractivity contribution in [2.24, 2.45) is 0 Å². The van der Waals surface area contributed by atoms with Crippen LogP contribution in [0.4, 0.5) is 5.69 Å². The number of nitrogen functional groups attached to an aromatic ring is 1. The Morgan fingerprint density at radius 3 is 2.41 bits per heavy atom. The molecule has 6 heteroatoms. The molecule has 3 N–H and O–H groups in total. The minimum atomic E-state index is -0.321. The smallest absolute Gasteiger partial charge is 0.278 e. The number of aromatic amines is 1. The summed E-state index contributed by atoms with van der Waals surface area (Å²) in [5, 5.41) is 8.10. The number of benzene rings is 2. The summed E-state index contributed by atoms with van der Waals surface area (Å²) in [6, 6.07) is 14.2. The molecule has 0 radical (unpaired) electrons. The highest BCUT2D eigenvalue weighted by molar-refractivity contribution is 5.71. The maximum Gasteiger partial charge on any atom is 0.278 e. The molecule has 0 amide bonds. The van der Waals surface area contributed by atoms with E-state index in [1.807, 2.05) is 12.1 Å². The summed E-state index contributed by atoms with van der Waals surface area (Å²) < 4.78 is 5.09. The van der Waals surface area contributed by atoms with E-state index in [4.69, 9.17) is 10.5 Å². The van der Waals surface area contributed by atoms with Crippen molar-refractivity contribution in [2.75, 3.05) is 12.8 Å². The number of nitrogens with one attached hydrogen (secondary N) is 1. The van der Waals surface area contributed by atoms with Gasteiger partial charge in [0, 0.05) is 16.8 Å². The molecule has 110 valence electrons. The van der Waals surface area contributed by atoms with Gasteiger partial charge < -0.3 is 15.5 Å². The SMILES string of the molecule is COc1ccc(-c2nnc(-c3ccccc3N)[nH]c2=O)cc1. The zero-order chi connectivity index (χ0) is 15.5. The summed E-state index contributed by atoms with van der Waals surface area (Å²) in [5.74, 6) is 1.06. The lowest BCUT2D eigenvalue weighted by molar-refractivity contribution is 0.415. The molecule has 2 aromatic carbocycles. The van der Waals surface area contributed by atoms with E-state index in [1.165, 1.54) is 0 Å². The molecule has 0 saturated heterocycles. The van der Waals surface area contributed by atoms with Gasteiger partial charge in [0.2, 0.25) is 0 Å². The Balaban J connectivity index is 2.02. The molecule has 0 aliphatic carbocycles. The van der Waals surface area contributed by atoms with Gasteiger partial charge in [0.05, 0.1) is 7.11 Å². The zero-order valence-electron chi connectivity index (χ0n) is 11.9. The average Bonchev–Trinajstić information content (AvgIpc) is 2.55. The highest BCUT2D eigenvalue weighted by Gasteiger charge is 2.10. The van der Waals surface area contributed by atoms with Crippen LogP contribution in [-0.4, -0.2) is 22.3 Å². The lowest BCUT2D eigenvalue weighted by atomic mass is 10.1.